The van der Waals surface area contributed by atoms with Crippen molar-refractivity contribution < 1.29 is 14.3 Å². The zero-order valence-corrected chi connectivity index (χ0v) is 15.5. The van der Waals surface area contributed by atoms with Crippen LogP contribution in [-0.4, -0.2) is 25.2 Å². The molecule has 0 spiro atoms. The van der Waals surface area contributed by atoms with Crippen molar-refractivity contribution in [2.75, 3.05) is 18.5 Å². The first kappa shape index (κ1) is 17.1. The molecule has 0 saturated carbocycles. The van der Waals surface area contributed by atoms with Crippen molar-refractivity contribution in [2.24, 2.45) is 0 Å². The summed E-state index contributed by atoms with van der Waals surface area (Å²) in [5, 5.41) is 8.72. The van der Waals surface area contributed by atoms with Gasteiger partial charge in [0, 0.05) is 17.9 Å². The van der Waals surface area contributed by atoms with Crippen LogP contribution in [0.3, 0.4) is 0 Å². The number of anilines is 1. The van der Waals surface area contributed by atoms with Gasteiger partial charge < -0.3 is 20.1 Å². The van der Waals surface area contributed by atoms with Crippen LogP contribution < -0.4 is 15.4 Å². The fraction of sp³-hybridized carbons (Fsp3) is 0.261. The Morgan fingerprint density at radius 3 is 2.75 bits per heavy atom. The standard InChI is InChI=1S/C23H22N2O3/c26-23-18-9-3-4-10-19(18)24-22(25-23)21-17-8-2-1-6-15(17)11-12-20(21)28-14-16-7-5-13-27-16/h1-4,6,8-12,16,22,24H,5,7,13-14H2,(H,25,26). The molecule has 142 valence electrons. The van der Waals surface area contributed by atoms with Crippen LogP contribution in [0.25, 0.3) is 10.8 Å². The summed E-state index contributed by atoms with van der Waals surface area (Å²) in [5.74, 6) is 0.684. The Bertz CT molecular complexity index is 1030. The van der Waals surface area contributed by atoms with Crippen LogP contribution in [0.5, 0.6) is 5.75 Å². The number of nitrogens with one attached hydrogen (secondary N) is 2. The maximum Gasteiger partial charge on any atom is 0.255 e. The third-order valence-corrected chi connectivity index (χ3v) is 5.42. The van der Waals surface area contributed by atoms with Crippen molar-refractivity contribution in [1.29, 1.82) is 0 Å². The van der Waals surface area contributed by atoms with Gasteiger partial charge in [0.2, 0.25) is 0 Å². The minimum Gasteiger partial charge on any atom is -0.490 e. The molecule has 1 amide bonds. The number of fused-ring (bicyclic) bond motifs is 2. The predicted octanol–water partition coefficient (Wildman–Crippen LogP) is 4.25. The molecule has 5 nitrogen and oxygen atoms in total. The monoisotopic (exact) mass is 374 g/mol. The molecule has 2 unspecified atom stereocenters. The van der Waals surface area contributed by atoms with Gasteiger partial charge in [-0.1, -0.05) is 42.5 Å². The molecule has 1 saturated heterocycles. The first-order valence-electron chi connectivity index (χ1n) is 9.72. The molecule has 3 aromatic rings. The molecule has 2 heterocycles. The molecule has 2 aliphatic rings. The molecule has 2 aliphatic heterocycles. The highest BCUT2D eigenvalue weighted by Crippen LogP contribution is 2.36. The second kappa shape index (κ2) is 7.17. The van der Waals surface area contributed by atoms with Crippen LogP contribution in [0.4, 0.5) is 5.69 Å². The third-order valence-electron chi connectivity index (χ3n) is 5.42. The fourth-order valence-electron chi connectivity index (χ4n) is 4.01. The zero-order chi connectivity index (χ0) is 18.9. The summed E-state index contributed by atoms with van der Waals surface area (Å²) in [6.07, 6.45) is 1.87. The van der Waals surface area contributed by atoms with Crippen LogP contribution in [0.1, 0.15) is 34.9 Å². The van der Waals surface area contributed by atoms with Gasteiger partial charge in [-0.3, -0.25) is 4.79 Å². The molecule has 0 radical (unpaired) electrons. The van der Waals surface area contributed by atoms with E-state index in [2.05, 4.69) is 28.8 Å². The van der Waals surface area contributed by atoms with Crippen LogP contribution in [0.2, 0.25) is 0 Å². The third kappa shape index (κ3) is 3.08. The van der Waals surface area contributed by atoms with Crippen LogP contribution in [0.15, 0.2) is 60.7 Å². The molecular formula is C23H22N2O3. The van der Waals surface area contributed by atoms with Gasteiger partial charge >= 0.3 is 0 Å². The number of para-hydroxylation sites is 1. The Morgan fingerprint density at radius 2 is 1.86 bits per heavy atom. The Kier molecular flexibility index (Phi) is 4.37. The van der Waals surface area contributed by atoms with Gasteiger partial charge in [-0.05, 0) is 41.8 Å². The number of carbonyl (C=O) groups excluding carboxylic acids is 1. The molecule has 0 aliphatic carbocycles. The lowest BCUT2D eigenvalue weighted by Gasteiger charge is -2.30. The zero-order valence-electron chi connectivity index (χ0n) is 15.5. The molecule has 28 heavy (non-hydrogen) atoms. The summed E-state index contributed by atoms with van der Waals surface area (Å²) in [6, 6.07) is 19.8. The summed E-state index contributed by atoms with van der Waals surface area (Å²) in [6.45, 7) is 1.32. The number of carbonyl (C=O) groups is 1. The number of benzene rings is 3. The molecule has 2 atom stereocenters. The van der Waals surface area contributed by atoms with Crippen LogP contribution >= 0.6 is 0 Å². The van der Waals surface area contributed by atoms with Crippen molar-refractivity contribution in [1.82, 2.24) is 5.32 Å². The van der Waals surface area contributed by atoms with E-state index in [1.165, 1.54) is 0 Å². The smallest absolute Gasteiger partial charge is 0.255 e. The number of ether oxygens (including phenoxy) is 2. The van der Waals surface area contributed by atoms with Gasteiger partial charge in [0.05, 0.1) is 11.7 Å². The summed E-state index contributed by atoms with van der Waals surface area (Å²) >= 11 is 0. The highest BCUT2D eigenvalue weighted by atomic mass is 16.5. The number of rotatable bonds is 4. The Balaban J connectivity index is 1.54. The Morgan fingerprint density at radius 1 is 1.00 bits per heavy atom. The van der Waals surface area contributed by atoms with E-state index in [9.17, 15) is 4.79 Å². The summed E-state index contributed by atoms with van der Waals surface area (Å²) in [5.41, 5.74) is 2.43. The molecule has 5 heteroatoms. The van der Waals surface area contributed by atoms with Gasteiger partial charge in [-0.2, -0.15) is 0 Å². The number of hydrogen-bond donors (Lipinski definition) is 2. The maximum atomic E-state index is 12.7. The lowest BCUT2D eigenvalue weighted by molar-refractivity contribution is 0.0674. The molecule has 0 aromatic heterocycles. The van der Waals surface area contributed by atoms with Crippen molar-refractivity contribution in [3.05, 3.63) is 71.8 Å². The van der Waals surface area contributed by atoms with Gasteiger partial charge in [-0.25, -0.2) is 0 Å². The van der Waals surface area contributed by atoms with Crippen molar-refractivity contribution in [3.63, 3.8) is 0 Å². The Hall–Kier alpha value is -3.05. The van der Waals surface area contributed by atoms with E-state index in [1.807, 2.05) is 42.5 Å². The number of amides is 1. The van der Waals surface area contributed by atoms with Gasteiger partial charge in [0.15, 0.2) is 0 Å². The lowest BCUT2D eigenvalue weighted by Crippen LogP contribution is -2.38. The van der Waals surface area contributed by atoms with Gasteiger partial charge in [0.25, 0.3) is 5.91 Å². The van der Waals surface area contributed by atoms with Crippen molar-refractivity contribution >= 4 is 22.4 Å². The highest BCUT2D eigenvalue weighted by molar-refractivity contribution is 6.02. The quantitative estimate of drug-likeness (QED) is 0.717. The average Bonchev–Trinajstić information content (AvgIpc) is 3.25. The first-order chi connectivity index (χ1) is 13.8. The van der Waals surface area contributed by atoms with Crippen molar-refractivity contribution in [3.8, 4) is 5.75 Å². The predicted molar refractivity (Wildman–Crippen MR) is 109 cm³/mol. The molecule has 5 rings (SSSR count). The summed E-state index contributed by atoms with van der Waals surface area (Å²) in [4.78, 5) is 12.7. The summed E-state index contributed by atoms with van der Waals surface area (Å²) in [7, 11) is 0. The molecule has 0 bridgehead atoms. The van der Waals surface area contributed by atoms with E-state index in [0.717, 1.165) is 47.2 Å². The van der Waals surface area contributed by atoms with E-state index in [0.29, 0.717) is 12.2 Å². The van der Waals surface area contributed by atoms with E-state index in [-0.39, 0.29) is 18.2 Å². The minimum atomic E-state index is -0.368. The number of hydrogen-bond acceptors (Lipinski definition) is 4. The second-order valence-corrected chi connectivity index (χ2v) is 7.24. The molecule has 1 fully saturated rings. The SMILES string of the molecule is O=C1NC(c2c(OCC3CCCO3)ccc3ccccc23)Nc2ccccc21. The molecule has 2 N–H and O–H groups in total. The second-order valence-electron chi connectivity index (χ2n) is 7.24. The lowest BCUT2D eigenvalue weighted by atomic mass is 9.98. The molecular weight excluding hydrogens is 352 g/mol. The largest absolute Gasteiger partial charge is 0.490 e. The fourth-order valence-corrected chi connectivity index (χ4v) is 4.01. The normalized spacial score (nSPS) is 21.1. The van der Waals surface area contributed by atoms with Crippen LogP contribution in [-0.2, 0) is 4.74 Å². The Labute approximate surface area is 163 Å². The van der Waals surface area contributed by atoms with Gasteiger partial charge in [-0.15, -0.1) is 0 Å². The molecule has 3 aromatic carbocycles. The van der Waals surface area contributed by atoms with E-state index < -0.39 is 0 Å². The maximum absolute atomic E-state index is 12.7. The van der Waals surface area contributed by atoms with Gasteiger partial charge in [0.1, 0.15) is 18.5 Å². The highest BCUT2D eigenvalue weighted by Gasteiger charge is 2.28. The van der Waals surface area contributed by atoms with E-state index in [1.54, 1.807) is 0 Å². The van der Waals surface area contributed by atoms with E-state index in [4.69, 9.17) is 9.47 Å². The summed E-state index contributed by atoms with van der Waals surface area (Å²) < 4.78 is 11.9. The average molecular weight is 374 g/mol. The van der Waals surface area contributed by atoms with Crippen LogP contribution in [0, 0.1) is 0 Å². The van der Waals surface area contributed by atoms with Crippen molar-refractivity contribution in [2.45, 2.75) is 25.1 Å². The topological polar surface area (TPSA) is 59.6 Å². The van der Waals surface area contributed by atoms with E-state index >= 15 is 0 Å². The minimum absolute atomic E-state index is 0.0858. The first-order valence-corrected chi connectivity index (χ1v) is 9.72.